The highest BCUT2D eigenvalue weighted by atomic mass is 16.5. The van der Waals surface area contributed by atoms with Gasteiger partial charge in [0.2, 0.25) is 5.91 Å². The van der Waals surface area contributed by atoms with Gasteiger partial charge in [0.15, 0.2) is 6.61 Å². The minimum atomic E-state index is -0.389. The van der Waals surface area contributed by atoms with E-state index in [0.717, 1.165) is 5.56 Å². The van der Waals surface area contributed by atoms with Gasteiger partial charge in [0.25, 0.3) is 5.91 Å². The third-order valence-electron chi connectivity index (χ3n) is 2.78. The molecule has 1 aromatic carbocycles. The third-order valence-corrected chi connectivity index (χ3v) is 2.78. The lowest BCUT2D eigenvalue weighted by Gasteiger charge is -2.10. The quantitative estimate of drug-likeness (QED) is 0.808. The lowest BCUT2D eigenvalue weighted by molar-refractivity contribution is -0.130. The van der Waals surface area contributed by atoms with E-state index in [9.17, 15) is 9.59 Å². The van der Waals surface area contributed by atoms with Crippen LogP contribution in [0.15, 0.2) is 18.2 Å². The van der Waals surface area contributed by atoms with Gasteiger partial charge in [-0.05, 0) is 43.0 Å². The molecular weight excluding hydrogens is 256 g/mol. The Bertz CT molecular complexity index is 484. The van der Waals surface area contributed by atoms with E-state index in [1.54, 1.807) is 0 Å². The summed E-state index contributed by atoms with van der Waals surface area (Å²) >= 11 is 0. The van der Waals surface area contributed by atoms with Gasteiger partial charge in [-0.15, -0.1) is 0 Å². The molecule has 5 heteroatoms. The topological polar surface area (TPSA) is 67.4 Å². The van der Waals surface area contributed by atoms with Crippen molar-refractivity contribution in [3.8, 4) is 5.75 Å². The maximum atomic E-state index is 11.5. The van der Waals surface area contributed by atoms with Crippen LogP contribution in [0.4, 0.5) is 0 Å². The van der Waals surface area contributed by atoms with Gasteiger partial charge < -0.3 is 4.74 Å². The maximum absolute atomic E-state index is 11.5. The van der Waals surface area contributed by atoms with E-state index in [1.807, 2.05) is 45.9 Å². The molecule has 0 atom stereocenters. The van der Waals surface area contributed by atoms with Crippen molar-refractivity contribution in [3.63, 3.8) is 0 Å². The van der Waals surface area contributed by atoms with Crippen molar-refractivity contribution in [3.05, 3.63) is 29.3 Å². The number of hydrogen-bond acceptors (Lipinski definition) is 3. The van der Waals surface area contributed by atoms with Gasteiger partial charge in [0.05, 0.1) is 0 Å². The van der Waals surface area contributed by atoms with E-state index in [2.05, 4.69) is 10.9 Å². The Morgan fingerprint density at radius 1 is 1.10 bits per heavy atom. The molecule has 5 nitrogen and oxygen atoms in total. The number of benzene rings is 1. The molecule has 0 radical (unpaired) electrons. The summed E-state index contributed by atoms with van der Waals surface area (Å²) < 4.78 is 5.35. The molecule has 110 valence electrons. The van der Waals surface area contributed by atoms with Crippen LogP contribution in [0.1, 0.15) is 31.4 Å². The van der Waals surface area contributed by atoms with E-state index in [-0.39, 0.29) is 24.3 Å². The highest BCUT2D eigenvalue weighted by molar-refractivity contribution is 5.82. The fraction of sp³-hybridized carbons (Fsp3) is 0.467. The first-order chi connectivity index (χ1) is 9.38. The molecule has 2 N–H and O–H groups in total. The minimum Gasteiger partial charge on any atom is -0.484 e. The first-order valence-electron chi connectivity index (χ1n) is 6.66. The molecule has 0 bridgehead atoms. The second kappa shape index (κ2) is 7.53. The van der Waals surface area contributed by atoms with Gasteiger partial charge in [-0.3, -0.25) is 20.4 Å². The first kappa shape index (κ1) is 16.0. The molecule has 0 saturated heterocycles. The number of amides is 2. The Hall–Kier alpha value is -2.04. The van der Waals surface area contributed by atoms with Crippen molar-refractivity contribution in [2.45, 2.75) is 34.1 Å². The van der Waals surface area contributed by atoms with Gasteiger partial charge in [-0.1, -0.05) is 19.9 Å². The number of carbonyl (C=O) groups excluding carboxylic acids is 2. The third kappa shape index (κ3) is 5.73. The minimum absolute atomic E-state index is 0.134. The molecule has 2 amide bonds. The van der Waals surface area contributed by atoms with Gasteiger partial charge in [0, 0.05) is 6.42 Å². The molecule has 0 heterocycles. The maximum Gasteiger partial charge on any atom is 0.276 e. The Morgan fingerprint density at radius 2 is 1.75 bits per heavy atom. The molecule has 20 heavy (non-hydrogen) atoms. The van der Waals surface area contributed by atoms with Crippen molar-refractivity contribution < 1.29 is 14.3 Å². The molecule has 0 aromatic heterocycles. The molecule has 0 spiro atoms. The first-order valence-corrected chi connectivity index (χ1v) is 6.66. The monoisotopic (exact) mass is 278 g/mol. The zero-order chi connectivity index (χ0) is 15.1. The predicted molar refractivity (Wildman–Crippen MR) is 77.2 cm³/mol. The fourth-order valence-electron chi connectivity index (χ4n) is 1.55. The summed E-state index contributed by atoms with van der Waals surface area (Å²) in [5, 5.41) is 0. The molecule has 1 rings (SSSR count). The standard InChI is InChI=1S/C15H22N2O3/c1-10(2)7-14(18)16-17-15(19)9-20-13-6-5-11(3)12(4)8-13/h5-6,8,10H,7,9H2,1-4H3,(H,16,18)(H,17,19). The smallest absolute Gasteiger partial charge is 0.276 e. The molecule has 0 aliphatic heterocycles. The number of carbonyl (C=O) groups is 2. The summed E-state index contributed by atoms with van der Waals surface area (Å²) in [5.74, 6) is 0.287. The molecular formula is C15H22N2O3. The van der Waals surface area contributed by atoms with Gasteiger partial charge in [-0.25, -0.2) is 0 Å². The Morgan fingerprint density at radius 3 is 2.35 bits per heavy atom. The zero-order valence-electron chi connectivity index (χ0n) is 12.4. The summed E-state index contributed by atoms with van der Waals surface area (Å²) in [6.07, 6.45) is 0.373. The Kier molecular flexibility index (Phi) is 6.03. The van der Waals surface area contributed by atoms with Crippen molar-refractivity contribution >= 4 is 11.8 Å². The van der Waals surface area contributed by atoms with E-state index in [4.69, 9.17) is 4.74 Å². The van der Waals surface area contributed by atoms with Crippen LogP contribution >= 0.6 is 0 Å². The second-order valence-corrected chi connectivity index (χ2v) is 5.23. The van der Waals surface area contributed by atoms with Gasteiger partial charge >= 0.3 is 0 Å². The number of nitrogens with one attached hydrogen (secondary N) is 2. The number of hydrazine groups is 1. The van der Waals surface area contributed by atoms with Crippen molar-refractivity contribution in [1.29, 1.82) is 0 Å². The Labute approximate surface area is 119 Å². The highest BCUT2D eigenvalue weighted by Crippen LogP contribution is 2.16. The largest absolute Gasteiger partial charge is 0.484 e. The number of ether oxygens (including phenoxy) is 1. The predicted octanol–water partition coefficient (Wildman–Crippen LogP) is 1.88. The number of rotatable bonds is 5. The summed E-state index contributed by atoms with van der Waals surface area (Å²) in [7, 11) is 0. The molecule has 0 saturated carbocycles. The van der Waals surface area contributed by atoms with Crippen LogP contribution in [0.25, 0.3) is 0 Å². The van der Waals surface area contributed by atoms with Crippen LogP contribution < -0.4 is 15.6 Å². The lowest BCUT2D eigenvalue weighted by Crippen LogP contribution is -2.44. The molecule has 0 fully saturated rings. The average Bonchev–Trinajstić information content (AvgIpc) is 2.37. The summed E-state index contributed by atoms with van der Waals surface area (Å²) in [4.78, 5) is 22.9. The van der Waals surface area contributed by atoms with Crippen LogP contribution in [-0.2, 0) is 9.59 Å². The van der Waals surface area contributed by atoms with Crippen LogP contribution in [0, 0.1) is 19.8 Å². The van der Waals surface area contributed by atoms with Crippen LogP contribution in [0.3, 0.4) is 0 Å². The molecule has 0 unspecified atom stereocenters. The summed E-state index contributed by atoms with van der Waals surface area (Å²) in [6.45, 7) is 7.73. The highest BCUT2D eigenvalue weighted by Gasteiger charge is 2.07. The van der Waals surface area contributed by atoms with Crippen molar-refractivity contribution in [1.82, 2.24) is 10.9 Å². The average molecular weight is 278 g/mol. The Balaban J connectivity index is 2.32. The molecule has 0 aliphatic carbocycles. The SMILES string of the molecule is Cc1ccc(OCC(=O)NNC(=O)CC(C)C)cc1C. The normalized spacial score (nSPS) is 10.2. The summed E-state index contributed by atoms with van der Waals surface area (Å²) in [5.41, 5.74) is 6.95. The zero-order valence-corrected chi connectivity index (χ0v) is 12.4. The summed E-state index contributed by atoms with van der Waals surface area (Å²) in [6, 6.07) is 5.62. The van der Waals surface area contributed by atoms with Gasteiger partial charge in [-0.2, -0.15) is 0 Å². The van der Waals surface area contributed by atoms with Crippen LogP contribution in [0.2, 0.25) is 0 Å². The fourth-order valence-corrected chi connectivity index (χ4v) is 1.55. The molecule has 1 aromatic rings. The van der Waals surface area contributed by atoms with Crippen LogP contribution in [-0.4, -0.2) is 18.4 Å². The second-order valence-electron chi connectivity index (χ2n) is 5.23. The van der Waals surface area contributed by atoms with Crippen molar-refractivity contribution in [2.24, 2.45) is 5.92 Å². The molecule has 0 aliphatic rings. The van der Waals surface area contributed by atoms with E-state index < -0.39 is 0 Å². The lowest BCUT2D eigenvalue weighted by atomic mass is 10.1. The van der Waals surface area contributed by atoms with E-state index in [1.165, 1.54) is 5.56 Å². The van der Waals surface area contributed by atoms with E-state index in [0.29, 0.717) is 12.2 Å². The van der Waals surface area contributed by atoms with Crippen LogP contribution in [0.5, 0.6) is 5.75 Å². The number of hydrogen-bond donors (Lipinski definition) is 2. The van der Waals surface area contributed by atoms with Crippen molar-refractivity contribution in [2.75, 3.05) is 6.61 Å². The van der Waals surface area contributed by atoms with Gasteiger partial charge in [0.1, 0.15) is 5.75 Å². The number of aryl methyl sites for hydroxylation is 2. The van der Waals surface area contributed by atoms with E-state index >= 15 is 0 Å².